The van der Waals surface area contributed by atoms with Crippen LogP contribution >= 0.6 is 15.9 Å². The summed E-state index contributed by atoms with van der Waals surface area (Å²) in [7, 11) is -4.11. The van der Waals surface area contributed by atoms with Gasteiger partial charge in [-0.2, -0.15) is 12.8 Å². The molecule has 0 unspecified atom stereocenters. The molecule has 0 radical (unpaired) electrons. The van der Waals surface area contributed by atoms with Gasteiger partial charge in [-0.05, 0) is 36.4 Å². The Kier molecular flexibility index (Phi) is 7.56. The molecule has 9 heteroatoms. The first kappa shape index (κ1) is 20.0. The van der Waals surface area contributed by atoms with E-state index in [2.05, 4.69) is 25.3 Å². The van der Waals surface area contributed by atoms with E-state index in [0.29, 0.717) is 5.69 Å². The van der Waals surface area contributed by atoms with E-state index in [1.165, 1.54) is 12.3 Å². The average Bonchev–Trinajstić information content (AvgIpc) is 2.45. The fourth-order valence-corrected chi connectivity index (χ4v) is 2.71. The third-order valence-corrected chi connectivity index (χ3v) is 4.03. The Labute approximate surface area is 163 Å². The number of hydrogen-bond donors (Lipinski definition) is 0. The van der Waals surface area contributed by atoms with Gasteiger partial charge in [-0.1, -0.05) is 22.0 Å². The molecule has 2 aromatic rings. The second-order valence-corrected chi connectivity index (χ2v) is 6.43. The standard InChI is InChI=1S/C14H10BrFN2O3S.Na/c15-13-9-10(16)4-5-12(13)14(19)18-22(20,21)8-6-11-3-1-2-7-17-11;/h1-9H,(H,18,19);/q;+1/p-1/b8-6+;. The van der Waals surface area contributed by atoms with E-state index >= 15 is 0 Å². The first-order chi connectivity index (χ1) is 10.4. The van der Waals surface area contributed by atoms with Crippen LogP contribution < -0.4 is 34.7 Å². The van der Waals surface area contributed by atoms with Gasteiger partial charge in [0.1, 0.15) is 5.82 Å². The van der Waals surface area contributed by atoms with Crippen molar-refractivity contribution in [2.45, 2.75) is 0 Å². The van der Waals surface area contributed by atoms with E-state index in [4.69, 9.17) is 0 Å². The molecule has 0 saturated carbocycles. The first-order valence-corrected chi connectivity index (χ1v) is 8.23. The van der Waals surface area contributed by atoms with E-state index in [9.17, 15) is 17.9 Å². The Morgan fingerprint density at radius 2 is 2.04 bits per heavy atom. The summed E-state index contributed by atoms with van der Waals surface area (Å²) < 4.78 is 39.8. The summed E-state index contributed by atoms with van der Waals surface area (Å²) in [5.74, 6) is -1.54. The maximum atomic E-state index is 12.9. The third kappa shape index (κ3) is 6.15. The minimum Gasteiger partial charge on any atom is -0.858 e. The molecule has 0 N–H and O–H groups in total. The molecular weight excluding hydrogens is 398 g/mol. The maximum Gasteiger partial charge on any atom is 1.00 e. The Bertz CT molecular complexity index is 842. The van der Waals surface area contributed by atoms with Crippen molar-refractivity contribution in [1.29, 1.82) is 0 Å². The summed E-state index contributed by atoms with van der Waals surface area (Å²) in [6.07, 6.45) is 2.73. The van der Waals surface area contributed by atoms with E-state index in [0.717, 1.165) is 23.6 Å². The molecule has 2 rings (SSSR count). The predicted octanol–water partition coefficient (Wildman–Crippen LogP) is -0.905. The van der Waals surface area contributed by atoms with Gasteiger partial charge in [0.2, 0.25) is 0 Å². The summed E-state index contributed by atoms with van der Waals surface area (Å²) in [5.41, 5.74) is 0.368. The fraction of sp³-hybridized carbons (Fsp3) is 0. The van der Waals surface area contributed by atoms with Crippen LogP contribution in [0, 0.1) is 5.82 Å². The number of pyridine rings is 1. The quantitative estimate of drug-likeness (QED) is 0.374. The summed E-state index contributed by atoms with van der Waals surface area (Å²) in [5, 5.41) is 12.6. The molecule has 0 amide bonds. The van der Waals surface area contributed by atoms with Crippen molar-refractivity contribution in [2.75, 3.05) is 0 Å². The average molecular weight is 407 g/mol. The number of benzene rings is 1. The maximum absolute atomic E-state index is 12.9. The minimum atomic E-state index is -4.11. The number of aromatic nitrogens is 1. The van der Waals surface area contributed by atoms with Crippen molar-refractivity contribution >= 4 is 37.9 Å². The fourth-order valence-electron chi connectivity index (χ4n) is 1.49. The molecule has 1 aromatic carbocycles. The van der Waals surface area contributed by atoms with Crippen LogP contribution in [-0.4, -0.2) is 19.3 Å². The summed E-state index contributed by atoms with van der Waals surface area (Å²) in [4.78, 5) is 3.92. The smallest absolute Gasteiger partial charge is 0.858 e. The summed E-state index contributed by atoms with van der Waals surface area (Å²) in [6, 6.07) is 8.24. The van der Waals surface area contributed by atoms with Crippen LogP contribution in [-0.2, 0) is 10.0 Å². The zero-order valence-electron chi connectivity index (χ0n) is 12.0. The predicted molar refractivity (Wildman–Crippen MR) is 82.8 cm³/mol. The Balaban J connectivity index is 0.00000264. The van der Waals surface area contributed by atoms with Crippen LogP contribution in [0.2, 0.25) is 0 Å². The molecule has 5 nitrogen and oxygen atoms in total. The van der Waals surface area contributed by atoms with Crippen LogP contribution in [0.25, 0.3) is 6.08 Å². The first-order valence-electron chi connectivity index (χ1n) is 5.94. The zero-order chi connectivity index (χ0) is 16.2. The van der Waals surface area contributed by atoms with Crippen molar-refractivity contribution in [2.24, 2.45) is 4.40 Å². The SMILES string of the molecule is O=S(=O)(/C=C/c1ccccn1)/N=C(\[O-])c1ccc(F)cc1Br.[Na+]. The van der Waals surface area contributed by atoms with Crippen molar-refractivity contribution < 1.29 is 47.5 Å². The molecule has 23 heavy (non-hydrogen) atoms. The van der Waals surface area contributed by atoms with Gasteiger partial charge < -0.3 is 5.11 Å². The number of rotatable bonds is 4. The molecule has 0 aliphatic carbocycles. The van der Waals surface area contributed by atoms with Gasteiger partial charge in [0.25, 0.3) is 10.0 Å². The van der Waals surface area contributed by atoms with Crippen molar-refractivity contribution in [3.8, 4) is 0 Å². The van der Waals surface area contributed by atoms with Gasteiger partial charge in [-0.15, -0.1) is 0 Å². The van der Waals surface area contributed by atoms with Crippen LogP contribution in [0.15, 0.2) is 56.9 Å². The molecule has 0 spiro atoms. The van der Waals surface area contributed by atoms with E-state index < -0.39 is 21.7 Å². The largest absolute Gasteiger partial charge is 1.00 e. The van der Waals surface area contributed by atoms with Crippen LogP contribution in [0.5, 0.6) is 0 Å². The molecule has 0 aliphatic heterocycles. The molecular formula is C14H9BrFN2NaO3S. The second-order valence-electron chi connectivity index (χ2n) is 4.09. The molecule has 1 aromatic heterocycles. The van der Waals surface area contributed by atoms with Gasteiger partial charge in [0.05, 0.1) is 11.1 Å². The Morgan fingerprint density at radius 3 is 2.65 bits per heavy atom. The van der Waals surface area contributed by atoms with Gasteiger partial charge in [-0.3, -0.25) is 4.98 Å². The van der Waals surface area contributed by atoms with Crippen molar-refractivity contribution in [3.05, 3.63) is 69.6 Å². The van der Waals surface area contributed by atoms with Crippen LogP contribution in [0.4, 0.5) is 4.39 Å². The summed E-state index contributed by atoms with van der Waals surface area (Å²) in [6.45, 7) is 0. The molecule has 0 fully saturated rings. The molecule has 0 saturated heterocycles. The van der Waals surface area contributed by atoms with E-state index in [1.54, 1.807) is 18.2 Å². The number of nitrogens with zero attached hydrogens (tertiary/aromatic N) is 2. The number of hydrogen-bond acceptors (Lipinski definition) is 4. The van der Waals surface area contributed by atoms with Crippen molar-refractivity contribution in [3.63, 3.8) is 0 Å². The van der Waals surface area contributed by atoms with Gasteiger partial charge in [0.15, 0.2) is 0 Å². The zero-order valence-corrected chi connectivity index (χ0v) is 16.4. The Morgan fingerprint density at radius 1 is 1.30 bits per heavy atom. The van der Waals surface area contributed by atoms with Crippen molar-refractivity contribution in [1.82, 2.24) is 4.98 Å². The van der Waals surface area contributed by atoms with Crippen LogP contribution in [0.3, 0.4) is 0 Å². The Hall–Kier alpha value is -1.06. The van der Waals surface area contributed by atoms with E-state index in [1.807, 2.05) is 0 Å². The van der Waals surface area contributed by atoms with Gasteiger partial charge in [-0.25, -0.2) is 4.39 Å². The third-order valence-electron chi connectivity index (χ3n) is 2.47. The number of halogens is 2. The monoisotopic (exact) mass is 406 g/mol. The normalized spacial score (nSPS) is 12.2. The van der Waals surface area contributed by atoms with Crippen LogP contribution in [0.1, 0.15) is 11.3 Å². The minimum absolute atomic E-state index is 0. The number of sulfonamides is 1. The van der Waals surface area contributed by atoms with E-state index in [-0.39, 0.29) is 39.6 Å². The molecule has 1 heterocycles. The summed E-state index contributed by atoms with van der Waals surface area (Å²) >= 11 is 2.99. The molecule has 0 aliphatic rings. The second kappa shape index (κ2) is 8.70. The molecule has 0 atom stereocenters. The molecule has 0 bridgehead atoms. The molecule has 114 valence electrons. The van der Waals surface area contributed by atoms with Gasteiger partial charge in [0, 0.05) is 22.1 Å². The topological polar surface area (TPSA) is 82.5 Å². The van der Waals surface area contributed by atoms with Gasteiger partial charge >= 0.3 is 29.6 Å².